The van der Waals surface area contributed by atoms with E-state index in [0.29, 0.717) is 41.6 Å². The van der Waals surface area contributed by atoms with Gasteiger partial charge in [-0.25, -0.2) is 9.97 Å². The zero-order chi connectivity index (χ0) is 26.0. The highest BCUT2D eigenvalue weighted by atomic mass is 32.2. The Morgan fingerprint density at radius 3 is 2.46 bits per heavy atom. The fourth-order valence-electron chi connectivity index (χ4n) is 3.65. The van der Waals surface area contributed by atoms with E-state index in [1.807, 2.05) is 22.9 Å². The van der Waals surface area contributed by atoms with Gasteiger partial charge in [-0.1, -0.05) is 41.6 Å². The zero-order valence-corrected chi connectivity index (χ0v) is 21.7. The summed E-state index contributed by atoms with van der Waals surface area (Å²) in [6, 6.07) is 15.6. The zero-order valence-electron chi connectivity index (χ0n) is 20.9. The number of benzene rings is 2. The Labute approximate surface area is 220 Å². The Balaban J connectivity index is 1.61. The van der Waals surface area contributed by atoms with Crippen molar-refractivity contribution >= 4 is 17.7 Å². The highest BCUT2D eigenvalue weighted by molar-refractivity contribution is 7.98. The van der Waals surface area contributed by atoms with Crippen molar-refractivity contribution in [3.8, 4) is 5.69 Å². The monoisotopic (exact) mass is 515 g/mol. The lowest BCUT2D eigenvalue weighted by Crippen LogP contribution is -2.25. The van der Waals surface area contributed by atoms with Crippen molar-refractivity contribution in [1.29, 1.82) is 0 Å². The summed E-state index contributed by atoms with van der Waals surface area (Å²) < 4.78 is 6.93. The molecule has 0 bridgehead atoms. The number of hydrogen-bond donors (Lipinski definition) is 1. The molecule has 0 radical (unpaired) electrons. The third-order valence-corrected chi connectivity index (χ3v) is 6.70. The summed E-state index contributed by atoms with van der Waals surface area (Å²) in [6.45, 7) is 3.19. The molecule has 0 fully saturated rings. The maximum absolute atomic E-state index is 12.9. The standard InChI is InChI=1S/C28H29N5O3S/c1-20-4-6-21(7-5-20)18-37-28-32-27(35)24(14-22-15-29-19-30-16-22)17-33(28)25-10-8-23(9-11-25)26(34)31-12-3-13-36-2/h4-11,15-17,19H,3,12-14,18H2,1-2H3,(H,31,34). The molecule has 2 heterocycles. The van der Waals surface area contributed by atoms with Crippen molar-refractivity contribution < 1.29 is 9.53 Å². The molecule has 4 aromatic rings. The van der Waals surface area contributed by atoms with Crippen LogP contribution in [0.15, 0.2) is 83.4 Å². The van der Waals surface area contributed by atoms with Crippen LogP contribution in [0.1, 0.15) is 39.0 Å². The van der Waals surface area contributed by atoms with Crippen LogP contribution >= 0.6 is 11.8 Å². The van der Waals surface area contributed by atoms with Crippen LogP contribution in [-0.2, 0) is 16.9 Å². The van der Waals surface area contributed by atoms with Gasteiger partial charge in [-0.05, 0) is 48.7 Å². The molecule has 2 aromatic carbocycles. The summed E-state index contributed by atoms with van der Waals surface area (Å²) in [4.78, 5) is 37.9. The van der Waals surface area contributed by atoms with Gasteiger partial charge >= 0.3 is 0 Å². The van der Waals surface area contributed by atoms with E-state index >= 15 is 0 Å². The molecule has 8 nitrogen and oxygen atoms in total. The highest BCUT2D eigenvalue weighted by Crippen LogP contribution is 2.24. The van der Waals surface area contributed by atoms with Crippen molar-refractivity contribution in [3.05, 3.63) is 112 Å². The number of carbonyl (C=O) groups excluding carboxylic acids is 1. The average molecular weight is 516 g/mol. The summed E-state index contributed by atoms with van der Waals surface area (Å²) in [5, 5.41) is 3.47. The van der Waals surface area contributed by atoms with Crippen molar-refractivity contribution in [2.24, 2.45) is 0 Å². The van der Waals surface area contributed by atoms with E-state index in [0.717, 1.165) is 23.2 Å². The first-order valence-electron chi connectivity index (χ1n) is 12.0. The lowest BCUT2D eigenvalue weighted by molar-refractivity contribution is 0.0948. The third-order valence-electron chi connectivity index (χ3n) is 5.68. The van der Waals surface area contributed by atoms with Gasteiger partial charge in [-0.3, -0.25) is 14.2 Å². The quantitative estimate of drug-likeness (QED) is 0.183. The van der Waals surface area contributed by atoms with Gasteiger partial charge in [0.1, 0.15) is 6.33 Å². The topological polar surface area (TPSA) is 99.0 Å². The Morgan fingerprint density at radius 2 is 1.76 bits per heavy atom. The number of carbonyl (C=O) groups is 1. The molecule has 9 heteroatoms. The number of ether oxygens (including phenoxy) is 1. The molecule has 0 saturated carbocycles. The molecule has 0 spiro atoms. The van der Waals surface area contributed by atoms with Gasteiger partial charge in [0.05, 0.1) is 0 Å². The van der Waals surface area contributed by atoms with Crippen molar-refractivity contribution in [3.63, 3.8) is 0 Å². The molecule has 0 saturated heterocycles. The fraction of sp³-hybridized carbons (Fsp3) is 0.250. The van der Waals surface area contributed by atoms with Gasteiger partial charge in [0.2, 0.25) is 0 Å². The Morgan fingerprint density at radius 1 is 1.03 bits per heavy atom. The second-order valence-electron chi connectivity index (χ2n) is 8.57. The smallest absolute Gasteiger partial charge is 0.277 e. The van der Waals surface area contributed by atoms with Gasteiger partial charge in [0, 0.05) is 67.8 Å². The number of aryl methyl sites for hydroxylation is 1. The first kappa shape index (κ1) is 26.2. The number of nitrogens with one attached hydrogen (secondary N) is 1. The number of hydrogen-bond acceptors (Lipinski definition) is 7. The molecule has 190 valence electrons. The molecular weight excluding hydrogens is 486 g/mol. The summed E-state index contributed by atoms with van der Waals surface area (Å²) >= 11 is 1.49. The van der Waals surface area contributed by atoms with Gasteiger partial charge < -0.3 is 10.1 Å². The van der Waals surface area contributed by atoms with Gasteiger partial charge in [-0.15, -0.1) is 0 Å². The van der Waals surface area contributed by atoms with E-state index < -0.39 is 0 Å². The van der Waals surface area contributed by atoms with Crippen molar-refractivity contribution in [1.82, 2.24) is 24.8 Å². The summed E-state index contributed by atoms with van der Waals surface area (Å²) in [6.07, 6.45) is 7.78. The molecule has 0 aliphatic heterocycles. The molecule has 1 N–H and O–H groups in total. The first-order valence-corrected chi connectivity index (χ1v) is 12.9. The predicted octanol–water partition coefficient (Wildman–Crippen LogP) is 3.98. The lowest BCUT2D eigenvalue weighted by Gasteiger charge is -2.15. The summed E-state index contributed by atoms with van der Waals surface area (Å²) in [5.74, 6) is 0.528. The highest BCUT2D eigenvalue weighted by Gasteiger charge is 2.13. The normalized spacial score (nSPS) is 10.9. The molecule has 0 atom stereocenters. The minimum Gasteiger partial charge on any atom is -0.385 e. The second-order valence-corrected chi connectivity index (χ2v) is 9.51. The minimum absolute atomic E-state index is 0.139. The Bertz CT molecular complexity index is 1370. The maximum Gasteiger partial charge on any atom is 0.277 e. The minimum atomic E-state index is -0.279. The van der Waals surface area contributed by atoms with Crippen LogP contribution in [0.5, 0.6) is 0 Å². The van der Waals surface area contributed by atoms with E-state index in [1.165, 1.54) is 23.7 Å². The molecular formula is C28H29N5O3S. The van der Waals surface area contributed by atoms with E-state index in [1.54, 1.807) is 31.6 Å². The number of amides is 1. The molecule has 1 amide bonds. The molecule has 0 aliphatic carbocycles. The summed E-state index contributed by atoms with van der Waals surface area (Å²) in [7, 11) is 1.64. The van der Waals surface area contributed by atoms with Crippen LogP contribution in [0, 0.1) is 6.92 Å². The molecule has 37 heavy (non-hydrogen) atoms. The lowest BCUT2D eigenvalue weighted by atomic mass is 10.1. The van der Waals surface area contributed by atoms with E-state index in [9.17, 15) is 9.59 Å². The summed E-state index contributed by atoms with van der Waals surface area (Å²) in [5.41, 5.74) is 4.79. The number of thioether (sulfide) groups is 1. The average Bonchev–Trinajstić information content (AvgIpc) is 2.92. The fourth-order valence-corrected chi connectivity index (χ4v) is 4.59. The van der Waals surface area contributed by atoms with E-state index in [4.69, 9.17) is 4.74 Å². The number of methoxy groups -OCH3 is 1. The van der Waals surface area contributed by atoms with Crippen LogP contribution < -0.4 is 10.9 Å². The van der Waals surface area contributed by atoms with E-state index in [-0.39, 0.29) is 11.5 Å². The Hall–Kier alpha value is -3.82. The van der Waals surface area contributed by atoms with Gasteiger partial charge in [0.15, 0.2) is 5.16 Å². The number of nitrogens with zero attached hydrogens (tertiary/aromatic N) is 4. The van der Waals surface area contributed by atoms with Crippen molar-refractivity contribution in [2.45, 2.75) is 30.7 Å². The maximum atomic E-state index is 12.9. The predicted molar refractivity (Wildman–Crippen MR) is 144 cm³/mol. The molecule has 0 aliphatic rings. The molecule has 0 unspecified atom stereocenters. The SMILES string of the molecule is COCCCNC(=O)c1ccc(-n2cc(Cc3cncnc3)c(=O)nc2SCc2ccc(C)cc2)cc1. The van der Waals surface area contributed by atoms with Crippen LogP contribution in [0.3, 0.4) is 0 Å². The largest absolute Gasteiger partial charge is 0.385 e. The van der Waals surface area contributed by atoms with E-state index in [2.05, 4.69) is 51.5 Å². The van der Waals surface area contributed by atoms with Gasteiger partial charge in [0.25, 0.3) is 11.5 Å². The number of rotatable bonds is 11. The van der Waals surface area contributed by atoms with Crippen molar-refractivity contribution in [2.75, 3.05) is 20.3 Å². The second kappa shape index (κ2) is 12.9. The van der Waals surface area contributed by atoms with Crippen LogP contribution in [-0.4, -0.2) is 45.7 Å². The van der Waals surface area contributed by atoms with Crippen LogP contribution in [0.4, 0.5) is 0 Å². The number of aromatic nitrogens is 4. The molecule has 4 rings (SSSR count). The molecule has 2 aromatic heterocycles. The third kappa shape index (κ3) is 7.34. The van der Waals surface area contributed by atoms with Crippen LogP contribution in [0.2, 0.25) is 0 Å². The first-order chi connectivity index (χ1) is 18.0. The van der Waals surface area contributed by atoms with Crippen LogP contribution in [0.25, 0.3) is 5.69 Å². The Kier molecular flexibility index (Phi) is 9.18. The van der Waals surface area contributed by atoms with Gasteiger partial charge in [-0.2, -0.15) is 4.98 Å².